The van der Waals surface area contributed by atoms with Crippen LogP contribution in [-0.4, -0.2) is 59.7 Å². The van der Waals surface area contributed by atoms with Crippen LogP contribution in [0, 0.1) is 0 Å². The molecule has 3 heterocycles. The van der Waals surface area contributed by atoms with E-state index in [2.05, 4.69) is 10.2 Å². The number of hydrogen-bond acceptors (Lipinski definition) is 4. The molecule has 1 aromatic rings. The fourth-order valence-corrected chi connectivity index (χ4v) is 3.05. The maximum absolute atomic E-state index is 12.3. The predicted molar refractivity (Wildman–Crippen MR) is 85.3 cm³/mol. The second-order valence-corrected chi connectivity index (χ2v) is 5.94. The standard InChI is InChI=1S/C15H21N3O3S/c19-14(13-4-2-10-21-13)17-5-7-18(8-6-17)15(22)16-11-12-3-1-9-20-12/h1,3,9,13H,2,4-8,10-11H2,(H,16,22)/t13-/m0/s1. The lowest BCUT2D eigenvalue weighted by atomic mass is 10.2. The lowest BCUT2D eigenvalue weighted by Crippen LogP contribution is -2.54. The molecular formula is C15H21N3O3S. The minimum Gasteiger partial charge on any atom is -0.467 e. The van der Waals surface area contributed by atoms with E-state index in [1.807, 2.05) is 17.0 Å². The summed E-state index contributed by atoms with van der Waals surface area (Å²) in [4.78, 5) is 16.3. The first-order valence-corrected chi connectivity index (χ1v) is 8.10. The number of nitrogens with zero attached hydrogens (tertiary/aromatic N) is 2. The Morgan fingerprint density at radius 1 is 1.32 bits per heavy atom. The molecule has 0 aliphatic carbocycles. The van der Waals surface area contributed by atoms with Crippen LogP contribution in [-0.2, 0) is 16.1 Å². The first-order valence-electron chi connectivity index (χ1n) is 7.69. The molecule has 0 spiro atoms. The third-order valence-corrected chi connectivity index (χ3v) is 4.48. The summed E-state index contributed by atoms with van der Waals surface area (Å²) in [6.07, 6.45) is 3.25. The molecule has 1 atom stereocenters. The Morgan fingerprint density at radius 3 is 2.73 bits per heavy atom. The van der Waals surface area contributed by atoms with Gasteiger partial charge < -0.3 is 24.3 Å². The van der Waals surface area contributed by atoms with E-state index in [0.29, 0.717) is 31.4 Å². The van der Waals surface area contributed by atoms with Gasteiger partial charge in [0.2, 0.25) is 0 Å². The van der Waals surface area contributed by atoms with Crippen molar-refractivity contribution in [1.82, 2.24) is 15.1 Å². The molecule has 0 radical (unpaired) electrons. The molecule has 0 saturated carbocycles. The van der Waals surface area contributed by atoms with E-state index in [9.17, 15) is 4.79 Å². The largest absolute Gasteiger partial charge is 0.467 e. The van der Waals surface area contributed by atoms with Crippen LogP contribution in [0.2, 0.25) is 0 Å². The first-order chi connectivity index (χ1) is 10.7. The van der Waals surface area contributed by atoms with Crippen LogP contribution in [0.5, 0.6) is 0 Å². The minimum atomic E-state index is -0.226. The summed E-state index contributed by atoms with van der Waals surface area (Å²) in [7, 11) is 0. The van der Waals surface area contributed by atoms with E-state index in [4.69, 9.17) is 21.4 Å². The summed E-state index contributed by atoms with van der Waals surface area (Å²) < 4.78 is 10.7. The van der Waals surface area contributed by atoms with Crippen molar-refractivity contribution in [3.05, 3.63) is 24.2 Å². The number of carbonyl (C=O) groups excluding carboxylic acids is 1. The first kappa shape index (κ1) is 15.3. The topological polar surface area (TPSA) is 58.0 Å². The molecule has 1 amide bonds. The van der Waals surface area contributed by atoms with Crippen molar-refractivity contribution in [2.24, 2.45) is 0 Å². The summed E-state index contributed by atoms with van der Waals surface area (Å²) in [5.74, 6) is 0.987. The zero-order valence-corrected chi connectivity index (χ0v) is 13.3. The average molecular weight is 323 g/mol. The molecule has 120 valence electrons. The van der Waals surface area contributed by atoms with Crippen molar-refractivity contribution in [3.8, 4) is 0 Å². The average Bonchev–Trinajstić information content (AvgIpc) is 3.25. The third-order valence-electron chi connectivity index (χ3n) is 4.08. The van der Waals surface area contributed by atoms with Gasteiger partial charge in [-0.15, -0.1) is 0 Å². The van der Waals surface area contributed by atoms with Gasteiger partial charge in [-0.3, -0.25) is 4.79 Å². The van der Waals surface area contributed by atoms with Gasteiger partial charge in [0, 0.05) is 32.8 Å². The molecule has 2 fully saturated rings. The molecule has 2 aliphatic rings. The highest BCUT2D eigenvalue weighted by molar-refractivity contribution is 7.80. The Balaban J connectivity index is 1.42. The van der Waals surface area contributed by atoms with Crippen molar-refractivity contribution >= 4 is 23.2 Å². The molecule has 7 heteroatoms. The van der Waals surface area contributed by atoms with Crippen LogP contribution in [0.1, 0.15) is 18.6 Å². The zero-order valence-electron chi connectivity index (χ0n) is 12.5. The minimum absolute atomic E-state index is 0.131. The van der Waals surface area contributed by atoms with Gasteiger partial charge in [0.1, 0.15) is 11.9 Å². The fraction of sp³-hybridized carbons (Fsp3) is 0.600. The fourth-order valence-electron chi connectivity index (χ4n) is 2.79. The summed E-state index contributed by atoms with van der Waals surface area (Å²) in [5.41, 5.74) is 0. The number of thiocarbonyl (C=S) groups is 1. The molecule has 0 unspecified atom stereocenters. The molecule has 1 N–H and O–H groups in total. The van der Waals surface area contributed by atoms with Crippen LogP contribution in [0.3, 0.4) is 0 Å². The molecule has 0 aromatic carbocycles. The maximum Gasteiger partial charge on any atom is 0.251 e. The molecule has 0 bridgehead atoms. The summed E-state index contributed by atoms with van der Waals surface area (Å²) in [6, 6.07) is 3.77. The number of piperazine rings is 1. The molecular weight excluding hydrogens is 302 g/mol. The summed E-state index contributed by atoms with van der Waals surface area (Å²) in [6.45, 7) is 4.19. The Bertz CT molecular complexity index is 506. The summed E-state index contributed by atoms with van der Waals surface area (Å²) >= 11 is 5.40. The highest BCUT2D eigenvalue weighted by Gasteiger charge is 2.30. The van der Waals surface area contributed by atoms with Crippen molar-refractivity contribution in [2.45, 2.75) is 25.5 Å². The maximum atomic E-state index is 12.3. The van der Waals surface area contributed by atoms with Crippen LogP contribution in [0.25, 0.3) is 0 Å². The lowest BCUT2D eigenvalue weighted by molar-refractivity contribution is -0.142. The number of ether oxygens (including phenoxy) is 1. The Kier molecular flexibility index (Phi) is 4.94. The van der Waals surface area contributed by atoms with Gasteiger partial charge in [0.25, 0.3) is 5.91 Å². The predicted octanol–water partition coefficient (Wildman–Crippen LogP) is 0.977. The van der Waals surface area contributed by atoms with E-state index < -0.39 is 0 Å². The van der Waals surface area contributed by atoms with Crippen molar-refractivity contribution in [2.75, 3.05) is 32.8 Å². The second-order valence-electron chi connectivity index (χ2n) is 5.55. The highest BCUT2D eigenvalue weighted by Crippen LogP contribution is 2.16. The number of rotatable bonds is 3. The Morgan fingerprint density at radius 2 is 2.09 bits per heavy atom. The Labute approximate surface area is 135 Å². The Hall–Kier alpha value is -1.60. The van der Waals surface area contributed by atoms with Crippen molar-refractivity contribution in [1.29, 1.82) is 0 Å². The van der Waals surface area contributed by atoms with Crippen LogP contribution in [0.4, 0.5) is 0 Å². The van der Waals surface area contributed by atoms with Gasteiger partial charge in [0.15, 0.2) is 5.11 Å². The van der Waals surface area contributed by atoms with E-state index in [1.165, 1.54) is 0 Å². The van der Waals surface area contributed by atoms with E-state index in [-0.39, 0.29) is 12.0 Å². The van der Waals surface area contributed by atoms with Crippen LogP contribution < -0.4 is 5.32 Å². The zero-order chi connectivity index (χ0) is 15.4. The monoisotopic (exact) mass is 323 g/mol. The number of furan rings is 1. The van der Waals surface area contributed by atoms with Crippen LogP contribution in [0.15, 0.2) is 22.8 Å². The molecule has 1 aromatic heterocycles. The van der Waals surface area contributed by atoms with Gasteiger partial charge in [-0.1, -0.05) is 0 Å². The normalized spacial score (nSPS) is 21.9. The van der Waals surface area contributed by atoms with Gasteiger partial charge >= 0.3 is 0 Å². The number of carbonyl (C=O) groups is 1. The van der Waals surface area contributed by atoms with Crippen molar-refractivity contribution in [3.63, 3.8) is 0 Å². The third kappa shape index (κ3) is 3.59. The summed E-state index contributed by atoms with van der Waals surface area (Å²) in [5, 5.41) is 3.90. The van der Waals surface area contributed by atoms with Gasteiger partial charge in [-0.2, -0.15) is 0 Å². The SMILES string of the molecule is O=C([C@@H]1CCCO1)N1CCN(C(=S)NCc2ccco2)CC1. The molecule has 6 nitrogen and oxygen atoms in total. The lowest BCUT2D eigenvalue weighted by Gasteiger charge is -2.37. The number of nitrogens with one attached hydrogen (secondary N) is 1. The van der Waals surface area contributed by atoms with Crippen molar-refractivity contribution < 1.29 is 13.9 Å². The van der Waals surface area contributed by atoms with E-state index in [0.717, 1.165) is 31.7 Å². The van der Waals surface area contributed by atoms with Gasteiger partial charge in [-0.25, -0.2) is 0 Å². The van der Waals surface area contributed by atoms with Gasteiger partial charge in [0.05, 0.1) is 12.8 Å². The molecule has 3 rings (SSSR count). The highest BCUT2D eigenvalue weighted by atomic mass is 32.1. The second kappa shape index (κ2) is 7.11. The molecule has 2 aliphatic heterocycles. The molecule has 22 heavy (non-hydrogen) atoms. The van der Waals surface area contributed by atoms with Gasteiger partial charge in [-0.05, 0) is 37.2 Å². The number of amides is 1. The quantitative estimate of drug-likeness (QED) is 0.837. The van der Waals surface area contributed by atoms with E-state index in [1.54, 1.807) is 6.26 Å². The van der Waals surface area contributed by atoms with E-state index >= 15 is 0 Å². The smallest absolute Gasteiger partial charge is 0.251 e. The van der Waals surface area contributed by atoms with Crippen LogP contribution >= 0.6 is 12.2 Å². The molecule has 2 saturated heterocycles. The number of hydrogen-bond donors (Lipinski definition) is 1.